The van der Waals surface area contributed by atoms with E-state index in [1.165, 1.54) is 5.56 Å². The van der Waals surface area contributed by atoms with Crippen LogP contribution in [-0.4, -0.2) is 13.6 Å². The van der Waals surface area contributed by atoms with Gasteiger partial charge < -0.3 is 5.32 Å². The van der Waals surface area contributed by atoms with E-state index < -0.39 is 0 Å². The third-order valence-electron chi connectivity index (χ3n) is 3.03. The molecule has 0 radical (unpaired) electrons. The SMILES string of the molecule is CNCCc1cccc(-c2ccc(C)cc2F)c1.Cl. The van der Waals surface area contributed by atoms with Crippen molar-refractivity contribution >= 4 is 12.4 Å². The van der Waals surface area contributed by atoms with Crippen molar-refractivity contribution in [1.82, 2.24) is 5.32 Å². The first-order chi connectivity index (χ1) is 8.70. The Morgan fingerprint density at radius 3 is 2.58 bits per heavy atom. The van der Waals surface area contributed by atoms with Crippen molar-refractivity contribution in [3.8, 4) is 11.1 Å². The highest BCUT2D eigenvalue weighted by atomic mass is 35.5. The molecule has 2 aromatic rings. The molecule has 1 nitrogen and oxygen atoms in total. The van der Waals surface area contributed by atoms with Crippen LogP contribution in [-0.2, 0) is 6.42 Å². The third kappa shape index (κ3) is 4.05. The summed E-state index contributed by atoms with van der Waals surface area (Å²) in [6.45, 7) is 2.83. The molecule has 0 aliphatic rings. The van der Waals surface area contributed by atoms with Crippen LogP contribution in [0.2, 0.25) is 0 Å². The van der Waals surface area contributed by atoms with Crippen molar-refractivity contribution in [3.63, 3.8) is 0 Å². The normalized spacial score (nSPS) is 10.1. The van der Waals surface area contributed by atoms with E-state index in [1.807, 2.05) is 38.2 Å². The number of benzene rings is 2. The van der Waals surface area contributed by atoms with Crippen LogP contribution in [0.25, 0.3) is 11.1 Å². The zero-order valence-corrected chi connectivity index (χ0v) is 12.1. The molecule has 102 valence electrons. The lowest BCUT2D eigenvalue weighted by atomic mass is 10.0. The number of aryl methyl sites for hydroxylation is 1. The smallest absolute Gasteiger partial charge is 0.131 e. The summed E-state index contributed by atoms with van der Waals surface area (Å²) < 4.78 is 13.9. The Labute approximate surface area is 120 Å². The van der Waals surface area contributed by atoms with Crippen molar-refractivity contribution in [2.24, 2.45) is 0 Å². The van der Waals surface area contributed by atoms with Gasteiger partial charge in [-0.05, 0) is 49.7 Å². The van der Waals surface area contributed by atoms with Gasteiger partial charge in [-0.1, -0.05) is 36.4 Å². The van der Waals surface area contributed by atoms with Gasteiger partial charge in [-0.25, -0.2) is 4.39 Å². The van der Waals surface area contributed by atoms with E-state index in [4.69, 9.17) is 0 Å². The number of likely N-dealkylation sites (N-methyl/N-ethyl adjacent to an activating group) is 1. The first-order valence-corrected chi connectivity index (χ1v) is 6.21. The summed E-state index contributed by atoms with van der Waals surface area (Å²) in [7, 11) is 1.93. The summed E-state index contributed by atoms with van der Waals surface area (Å²) in [5.74, 6) is -0.152. The fraction of sp³-hybridized carbons (Fsp3) is 0.250. The summed E-state index contributed by atoms with van der Waals surface area (Å²) in [4.78, 5) is 0. The van der Waals surface area contributed by atoms with Gasteiger partial charge in [-0.3, -0.25) is 0 Å². The van der Waals surface area contributed by atoms with E-state index in [-0.39, 0.29) is 18.2 Å². The monoisotopic (exact) mass is 279 g/mol. The Hall–Kier alpha value is -1.38. The average Bonchev–Trinajstić information content (AvgIpc) is 2.36. The van der Waals surface area contributed by atoms with Gasteiger partial charge in [0.2, 0.25) is 0 Å². The first kappa shape index (κ1) is 15.7. The second-order valence-corrected chi connectivity index (χ2v) is 4.54. The van der Waals surface area contributed by atoms with E-state index in [1.54, 1.807) is 6.07 Å². The van der Waals surface area contributed by atoms with Gasteiger partial charge in [-0.2, -0.15) is 0 Å². The molecule has 0 atom stereocenters. The maximum atomic E-state index is 13.9. The van der Waals surface area contributed by atoms with Crippen LogP contribution in [0.3, 0.4) is 0 Å². The number of rotatable bonds is 4. The van der Waals surface area contributed by atoms with Crippen LogP contribution in [0.15, 0.2) is 42.5 Å². The fourth-order valence-corrected chi connectivity index (χ4v) is 2.02. The highest BCUT2D eigenvalue weighted by Gasteiger charge is 2.05. The molecule has 0 saturated heterocycles. The molecule has 19 heavy (non-hydrogen) atoms. The summed E-state index contributed by atoms with van der Waals surface area (Å²) in [6, 6.07) is 13.4. The molecule has 2 aromatic carbocycles. The lowest BCUT2D eigenvalue weighted by molar-refractivity contribution is 0.630. The lowest BCUT2D eigenvalue weighted by Crippen LogP contribution is -2.10. The van der Waals surface area contributed by atoms with Crippen molar-refractivity contribution in [3.05, 3.63) is 59.4 Å². The molecule has 0 aliphatic heterocycles. The van der Waals surface area contributed by atoms with Gasteiger partial charge in [0.15, 0.2) is 0 Å². The zero-order valence-electron chi connectivity index (χ0n) is 11.2. The number of hydrogen-bond acceptors (Lipinski definition) is 1. The number of halogens is 2. The molecule has 3 heteroatoms. The molecule has 0 aliphatic carbocycles. The molecule has 0 unspecified atom stereocenters. The predicted molar refractivity (Wildman–Crippen MR) is 81.5 cm³/mol. The van der Waals surface area contributed by atoms with Crippen molar-refractivity contribution < 1.29 is 4.39 Å². The quantitative estimate of drug-likeness (QED) is 0.892. The van der Waals surface area contributed by atoms with Gasteiger partial charge in [0.25, 0.3) is 0 Å². The van der Waals surface area contributed by atoms with Gasteiger partial charge >= 0.3 is 0 Å². The molecule has 0 heterocycles. The van der Waals surface area contributed by atoms with Crippen molar-refractivity contribution in [2.75, 3.05) is 13.6 Å². The summed E-state index contributed by atoms with van der Waals surface area (Å²) in [5.41, 5.74) is 3.79. The topological polar surface area (TPSA) is 12.0 Å². The molecule has 0 amide bonds. The summed E-state index contributed by atoms with van der Waals surface area (Å²) in [6.07, 6.45) is 0.956. The van der Waals surface area contributed by atoms with E-state index in [9.17, 15) is 4.39 Å². The second-order valence-electron chi connectivity index (χ2n) is 4.54. The Balaban J connectivity index is 0.00000180. The molecular formula is C16H19ClFN. The Morgan fingerprint density at radius 2 is 1.89 bits per heavy atom. The van der Waals surface area contributed by atoms with Crippen LogP contribution in [0.5, 0.6) is 0 Å². The van der Waals surface area contributed by atoms with Crippen molar-refractivity contribution in [1.29, 1.82) is 0 Å². The molecule has 2 rings (SSSR count). The van der Waals surface area contributed by atoms with Crippen molar-refractivity contribution in [2.45, 2.75) is 13.3 Å². The van der Waals surface area contributed by atoms with Crippen LogP contribution in [0.4, 0.5) is 4.39 Å². The Bertz CT molecular complexity index is 540. The van der Waals surface area contributed by atoms with Crippen LogP contribution < -0.4 is 5.32 Å². The van der Waals surface area contributed by atoms with Gasteiger partial charge in [0, 0.05) is 5.56 Å². The maximum absolute atomic E-state index is 13.9. The highest BCUT2D eigenvalue weighted by molar-refractivity contribution is 5.85. The van der Waals surface area contributed by atoms with Gasteiger partial charge in [0.05, 0.1) is 0 Å². The largest absolute Gasteiger partial charge is 0.319 e. The summed E-state index contributed by atoms with van der Waals surface area (Å²) in [5, 5.41) is 3.12. The first-order valence-electron chi connectivity index (χ1n) is 6.21. The minimum Gasteiger partial charge on any atom is -0.319 e. The molecule has 1 N–H and O–H groups in total. The Morgan fingerprint density at radius 1 is 1.11 bits per heavy atom. The summed E-state index contributed by atoms with van der Waals surface area (Å²) >= 11 is 0. The molecular weight excluding hydrogens is 261 g/mol. The van der Waals surface area contributed by atoms with Crippen LogP contribution in [0.1, 0.15) is 11.1 Å². The van der Waals surface area contributed by atoms with Crippen LogP contribution >= 0.6 is 12.4 Å². The van der Waals surface area contributed by atoms with Gasteiger partial charge in [0.1, 0.15) is 5.82 Å². The van der Waals surface area contributed by atoms with E-state index in [0.29, 0.717) is 5.56 Å². The van der Waals surface area contributed by atoms with E-state index in [0.717, 1.165) is 24.1 Å². The Kier molecular flexibility index (Phi) is 6.00. The molecule has 0 bridgehead atoms. The van der Waals surface area contributed by atoms with E-state index >= 15 is 0 Å². The standard InChI is InChI=1S/C16H18FN.ClH/c1-12-6-7-15(16(17)10-12)14-5-3-4-13(11-14)8-9-18-2;/h3-7,10-11,18H,8-9H2,1-2H3;1H. The van der Waals surface area contributed by atoms with Gasteiger partial charge in [-0.15, -0.1) is 12.4 Å². The maximum Gasteiger partial charge on any atom is 0.131 e. The highest BCUT2D eigenvalue weighted by Crippen LogP contribution is 2.24. The molecule has 0 spiro atoms. The third-order valence-corrected chi connectivity index (χ3v) is 3.03. The minimum absolute atomic E-state index is 0. The van der Waals surface area contributed by atoms with Crippen LogP contribution in [0, 0.1) is 12.7 Å². The average molecular weight is 280 g/mol. The minimum atomic E-state index is -0.152. The zero-order chi connectivity index (χ0) is 13.0. The lowest BCUT2D eigenvalue weighted by Gasteiger charge is -2.07. The molecule has 0 fully saturated rings. The fourth-order valence-electron chi connectivity index (χ4n) is 2.02. The number of nitrogens with one attached hydrogen (secondary N) is 1. The predicted octanol–water partition coefficient (Wildman–Crippen LogP) is 3.98. The number of hydrogen-bond donors (Lipinski definition) is 1. The van der Waals surface area contributed by atoms with E-state index in [2.05, 4.69) is 17.4 Å². The second kappa shape index (κ2) is 7.27. The molecule has 0 aromatic heterocycles. The molecule has 0 saturated carbocycles.